The number of rotatable bonds is 0. The monoisotopic (exact) mass is 224 g/mol. The van der Waals surface area contributed by atoms with Gasteiger partial charge in [-0.05, 0) is 54.5 Å². The molecule has 0 radical (unpaired) electrons. The highest BCUT2D eigenvalue weighted by atomic mass is 15.3. The first-order valence-electron chi connectivity index (χ1n) is 6.63. The van der Waals surface area contributed by atoms with E-state index in [9.17, 15) is 0 Å². The van der Waals surface area contributed by atoms with Gasteiger partial charge in [-0.3, -0.25) is 9.80 Å². The molecule has 0 aromatic rings. The van der Waals surface area contributed by atoms with E-state index in [-0.39, 0.29) is 0 Å². The van der Waals surface area contributed by atoms with Gasteiger partial charge in [0, 0.05) is 36.1 Å². The Bertz CT molecular complexity index is 263. The van der Waals surface area contributed by atoms with E-state index in [1.165, 1.54) is 32.6 Å². The molecule has 2 aliphatic rings. The number of hydrogen-bond donors (Lipinski definition) is 0. The van der Waals surface area contributed by atoms with Gasteiger partial charge < -0.3 is 0 Å². The summed E-state index contributed by atoms with van der Waals surface area (Å²) in [7, 11) is 0. The standard InChI is InChI=1S/C14H28N2/c1-12(2,3)15-8-7-14(9-15)10-16(11-14)13(4,5)6/h7-11H2,1-6H3. The fourth-order valence-corrected chi connectivity index (χ4v) is 3.00. The SMILES string of the molecule is CC(C)(C)N1CCC2(C1)CN(C(C)(C)C)C2. The quantitative estimate of drug-likeness (QED) is 0.624. The van der Waals surface area contributed by atoms with E-state index in [1.807, 2.05) is 0 Å². The maximum Gasteiger partial charge on any atom is 0.0125 e. The highest BCUT2D eigenvalue weighted by Crippen LogP contribution is 2.44. The van der Waals surface area contributed by atoms with Crippen LogP contribution in [0.4, 0.5) is 0 Å². The van der Waals surface area contributed by atoms with Crippen LogP contribution < -0.4 is 0 Å². The molecule has 0 saturated carbocycles. The van der Waals surface area contributed by atoms with Gasteiger partial charge in [0.1, 0.15) is 0 Å². The van der Waals surface area contributed by atoms with E-state index in [4.69, 9.17) is 0 Å². The Morgan fingerprint density at radius 3 is 1.56 bits per heavy atom. The molecule has 2 heterocycles. The zero-order chi connectivity index (χ0) is 12.2. The van der Waals surface area contributed by atoms with E-state index >= 15 is 0 Å². The van der Waals surface area contributed by atoms with Gasteiger partial charge in [-0.15, -0.1) is 0 Å². The van der Waals surface area contributed by atoms with Crippen LogP contribution in [0.25, 0.3) is 0 Å². The Hall–Kier alpha value is -0.0800. The first-order valence-corrected chi connectivity index (χ1v) is 6.63. The van der Waals surface area contributed by atoms with Crippen molar-refractivity contribution in [3.63, 3.8) is 0 Å². The average Bonchev–Trinajstić information content (AvgIpc) is 2.41. The van der Waals surface area contributed by atoms with Crippen molar-refractivity contribution in [2.45, 2.75) is 59.0 Å². The summed E-state index contributed by atoms with van der Waals surface area (Å²) in [6.45, 7) is 19.2. The molecule has 2 rings (SSSR count). The minimum atomic E-state index is 0.353. The Labute approximate surface area is 101 Å². The van der Waals surface area contributed by atoms with Crippen molar-refractivity contribution < 1.29 is 0 Å². The maximum atomic E-state index is 2.66. The second-order valence-corrected chi connectivity index (χ2v) is 7.87. The molecular weight excluding hydrogens is 196 g/mol. The summed E-state index contributed by atoms with van der Waals surface area (Å²) in [5, 5.41) is 0. The lowest BCUT2D eigenvalue weighted by atomic mass is 9.76. The van der Waals surface area contributed by atoms with Crippen molar-refractivity contribution in [2.24, 2.45) is 5.41 Å². The molecule has 0 N–H and O–H groups in total. The number of nitrogens with zero attached hydrogens (tertiary/aromatic N) is 2. The third kappa shape index (κ3) is 2.14. The summed E-state index contributed by atoms with van der Waals surface area (Å²) in [4.78, 5) is 5.28. The third-order valence-corrected chi connectivity index (χ3v) is 4.39. The first kappa shape index (κ1) is 12.4. The van der Waals surface area contributed by atoms with E-state index in [2.05, 4.69) is 51.3 Å². The molecule has 2 aliphatic heterocycles. The van der Waals surface area contributed by atoms with Crippen LogP contribution >= 0.6 is 0 Å². The van der Waals surface area contributed by atoms with E-state index < -0.39 is 0 Å². The maximum absolute atomic E-state index is 2.66. The van der Waals surface area contributed by atoms with E-state index in [1.54, 1.807) is 0 Å². The topological polar surface area (TPSA) is 6.48 Å². The minimum absolute atomic E-state index is 0.353. The Balaban J connectivity index is 1.92. The molecule has 2 heteroatoms. The molecule has 2 fully saturated rings. The fraction of sp³-hybridized carbons (Fsp3) is 1.00. The molecule has 1 spiro atoms. The Morgan fingerprint density at radius 2 is 1.19 bits per heavy atom. The summed E-state index contributed by atoms with van der Waals surface area (Å²) < 4.78 is 0. The van der Waals surface area contributed by atoms with Crippen LogP contribution in [0.15, 0.2) is 0 Å². The summed E-state index contributed by atoms with van der Waals surface area (Å²) in [5.74, 6) is 0. The van der Waals surface area contributed by atoms with Gasteiger partial charge in [0.25, 0.3) is 0 Å². The van der Waals surface area contributed by atoms with Crippen LogP contribution in [0.2, 0.25) is 0 Å². The normalized spacial score (nSPS) is 27.4. The molecule has 16 heavy (non-hydrogen) atoms. The lowest BCUT2D eigenvalue weighted by Gasteiger charge is -2.54. The second-order valence-electron chi connectivity index (χ2n) is 7.87. The molecule has 2 nitrogen and oxygen atoms in total. The van der Waals surface area contributed by atoms with Crippen molar-refractivity contribution in [2.75, 3.05) is 26.2 Å². The van der Waals surface area contributed by atoms with Gasteiger partial charge in [-0.1, -0.05) is 0 Å². The third-order valence-electron chi connectivity index (χ3n) is 4.39. The number of hydrogen-bond acceptors (Lipinski definition) is 2. The van der Waals surface area contributed by atoms with Crippen molar-refractivity contribution in [1.82, 2.24) is 9.80 Å². The van der Waals surface area contributed by atoms with Crippen LogP contribution in [-0.2, 0) is 0 Å². The summed E-state index contributed by atoms with van der Waals surface area (Å²) >= 11 is 0. The Kier molecular flexibility index (Phi) is 2.67. The van der Waals surface area contributed by atoms with Gasteiger partial charge >= 0.3 is 0 Å². The summed E-state index contributed by atoms with van der Waals surface area (Å²) in [6, 6.07) is 0. The van der Waals surface area contributed by atoms with E-state index in [0.29, 0.717) is 16.5 Å². The van der Waals surface area contributed by atoms with Gasteiger partial charge in [0.2, 0.25) is 0 Å². The molecule has 0 atom stereocenters. The van der Waals surface area contributed by atoms with Crippen molar-refractivity contribution in [3.8, 4) is 0 Å². The largest absolute Gasteiger partial charge is 0.298 e. The smallest absolute Gasteiger partial charge is 0.0125 e. The Morgan fingerprint density at radius 1 is 0.750 bits per heavy atom. The number of likely N-dealkylation sites (tertiary alicyclic amines) is 2. The van der Waals surface area contributed by atoms with Gasteiger partial charge in [0.05, 0.1) is 0 Å². The van der Waals surface area contributed by atoms with Crippen LogP contribution in [0.3, 0.4) is 0 Å². The second kappa shape index (κ2) is 3.46. The van der Waals surface area contributed by atoms with Gasteiger partial charge in [0.15, 0.2) is 0 Å². The zero-order valence-corrected chi connectivity index (χ0v) is 11.9. The first-order chi connectivity index (χ1) is 7.12. The van der Waals surface area contributed by atoms with Crippen LogP contribution in [0.5, 0.6) is 0 Å². The fourth-order valence-electron chi connectivity index (χ4n) is 3.00. The molecule has 0 aromatic heterocycles. The molecule has 2 saturated heterocycles. The van der Waals surface area contributed by atoms with Crippen LogP contribution in [-0.4, -0.2) is 47.1 Å². The summed E-state index contributed by atoms with van der Waals surface area (Å²) in [6.07, 6.45) is 1.40. The lowest BCUT2D eigenvalue weighted by molar-refractivity contribution is -0.0558. The highest BCUT2D eigenvalue weighted by molar-refractivity contribution is 5.05. The lowest BCUT2D eigenvalue weighted by Crippen LogP contribution is -2.63. The van der Waals surface area contributed by atoms with Crippen molar-refractivity contribution in [1.29, 1.82) is 0 Å². The molecule has 0 unspecified atom stereocenters. The molecule has 0 aromatic carbocycles. The summed E-state index contributed by atoms with van der Waals surface area (Å²) in [5.41, 5.74) is 1.34. The minimum Gasteiger partial charge on any atom is -0.298 e. The molecule has 94 valence electrons. The highest BCUT2D eigenvalue weighted by Gasteiger charge is 2.51. The van der Waals surface area contributed by atoms with Gasteiger partial charge in [-0.2, -0.15) is 0 Å². The molecule has 0 aliphatic carbocycles. The average molecular weight is 224 g/mol. The predicted octanol–water partition coefficient (Wildman–Crippen LogP) is 2.59. The van der Waals surface area contributed by atoms with Crippen molar-refractivity contribution in [3.05, 3.63) is 0 Å². The predicted molar refractivity (Wildman–Crippen MR) is 69.7 cm³/mol. The van der Waals surface area contributed by atoms with Gasteiger partial charge in [-0.25, -0.2) is 0 Å². The van der Waals surface area contributed by atoms with Crippen molar-refractivity contribution >= 4 is 0 Å². The zero-order valence-electron chi connectivity index (χ0n) is 11.9. The van der Waals surface area contributed by atoms with Crippen LogP contribution in [0.1, 0.15) is 48.0 Å². The van der Waals surface area contributed by atoms with E-state index in [0.717, 1.165) is 0 Å². The molecule has 0 bridgehead atoms. The van der Waals surface area contributed by atoms with Crippen LogP contribution in [0, 0.1) is 5.41 Å². The molecule has 0 amide bonds. The molecular formula is C14H28N2.